The fourth-order valence-electron chi connectivity index (χ4n) is 0. The van der Waals surface area contributed by atoms with E-state index in [4.69, 9.17) is 29.4 Å². The number of carbonyl (C=O) groups excluding carboxylic acids is 8. The van der Waals surface area contributed by atoms with Gasteiger partial charge in [-0.1, -0.05) is 14.9 Å². The van der Waals surface area contributed by atoms with Crippen LogP contribution < -0.4 is 139 Å². The Labute approximate surface area is 250 Å². The molecule has 0 heterocycles. The molecule has 0 aliphatic heterocycles. The molecule has 28 heavy (non-hydrogen) atoms. The van der Waals surface area contributed by atoms with Crippen LogP contribution in [0.1, 0.15) is 28.7 Å². The van der Waals surface area contributed by atoms with Gasteiger partial charge in [0, 0.05) is 13.8 Å². The molecule has 0 radical (unpaired) electrons. The average Bonchev–Trinajstić information content (AvgIpc) is 2.40. The standard InChI is InChI=1S/2C3H4O3.2C2H2O3.2CH4.4Na/c2*1-2(4)3(5)6;2*3-1-2(4)5;;;;;;/h2*1H3,(H,5,6);2*1H,(H,4,5);2*1H4;;;;/q;;;;;;4*+1/p-4/i3+1;;1+1,2+1;1+1;;;;;;. The maximum Gasteiger partial charge on any atom is 1.00 e. The van der Waals surface area contributed by atoms with E-state index in [2.05, 4.69) is 0 Å². The number of hydrogen-bond donors (Lipinski definition) is 0. The van der Waals surface area contributed by atoms with Crippen LogP contribution in [0, 0.1) is 0 Å². The summed E-state index contributed by atoms with van der Waals surface area (Å²) < 4.78 is 0. The van der Waals surface area contributed by atoms with Crippen molar-refractivity contribution in [3.8, 4) is 0 Å². The predicted molar refractivity (Wildman–Crippen MR) is 67.0 cm³/mol. The number of ketones is 2. The summed E-state index contributed by atoms with van der Waals surface area (Å²) in [6, 6.07) is 0. The second kappa shape index (κ2) is 46.0. The molecule has 0 aromatic heterocycles. The third kappa shape index (κ3) is 110. The first-order valence-electron chi connectivity index (χ1n) is 4.59. The molecule has 0 bridgehead atoms. The molecule has 140 valence electrons. The van der Waals surface area contributed by atoms with Crippen molar-refractivity contribution in [3.05, 3.63) is 0 Å². The van der Waals surface area contributed by atoms with Crippen LogP contribution in [-0.4, -0.2) is 48.0 Å². The van der Waals surface area contributed by atoms with E-state index in [9.17, 15) is 29.4 Å². The molecule has 0 rings (SSSR count). The Morgan fingerprint density at radius 2 is 0.607 bits per heavy atom. The number of carboxylic acid groups (broad SMARTS) is 4. The van der Waals surface area contributed by atoms with Crippen molar-refractivity contribution < 1.29 is 177 Å². The van der Waals surface area contributed by atoms with Gasteiger partial charge >= 0.3 is 118 Å². The maximum absolute atomic E-state index is 9.48. The molecular weight excluding hydrogens is 432 g/mol. The molecule has 0 saturated carbocycles. The molecule has 0 unspecified atom stereocenters. The molecule has 0 aliphatic rings. The van der Waals surface area contributed by atoms with Crippen LogP contribution in [0.25, 0.3) is 0 Å². The average molecular weight is 448 g/mol. The van der Waals surface area contributed by atoms with Crippen molar-refractivity contribution in [2.45, 2.75) is 28.7 Å². The smallest absolute Gasteiger partial charge is 0.542 e. The van der Waals surface area contributed by atoms with Gasteiger partial charge in [0.15, 0.2) is 24.1 Å². The molecule has 0 amide bonds. The third-order valence-corrected chi connectivity index (χ3v) is 0.767. The molecule has 0 saturated heterocycles. The molecule has 0 aliphatic carbocycles. The molecule has 12 nitrogen and oxygen atoms in total. The van der Waals surface area contributed by atoms with E-state index in [1.54, 1.807) is 0 Å². The SMILES string of the molecule is C.C.CC(=O)C(=O)[O-].CC(=O)[13C](=O)[O-].O=[13CH]C(=O)[O-].O=[13CH][13C](=O)[O-].[Na+].[Na+].[Na+].[Na+]. The molecule has 0 atom stereocenters. The van der Waals surface area contributed by atoms with E-state index in [1.165, 1.54) is 0 Å². The molecule has 0 aromatic carbocycles. The minimum Gasteiger partial charge on any atom is -0.542 e. The summed E-state index contributed by atoms with van der Waals surface area (Å²) in [6.07, 6.45) is -0.556. The van der Waals surface area contributed by atoms with Crippen LogP contribution in [0.4, 0.5) is 0 Å². The maximum atomic E-state index is 9.48. The Kier molecular flexibility index (Phi) is 103. The van der Waals surface area contributed by atoms with E-state index in [1.807, 2.05) is 0 Å². The largest absolute Gasteiger partial charge is 1.00 e. The second-order valence-corrected chi connectivity index (χ2v) is 2.56. The van der Waals surface area contributed by atoms with Gasteiger partial charge in [-0.3, -0.25) is 19.2 Å². The first-order chi connectivity index (χ1) is 9.83. The van der Waals surface area contributed by atoms with Gasteiger partial charge in [-0.2, -0.15) is 0 Å². The molecule has 0 fully saturated rings. The topological polar surface area (TPSA) is 229 Å². The van der Waals surface area contributed by atoms with Crippen LogP contribution in [0.15, 0.2) is 0 Å². The summed E-state index contributed by atoms with van der Waals surface area (Å²) in [6.45, 7) is 1.88. The monoisotopic (exact) mass is 448 g/mol. The number of aldehydes is 2. The summed E-state index contributed by atoms with van der Waals surface area (Å²) in [4.78, 5) is 72.9. The van der Waals surface area contributed by atoms with Crippen molar-refractivity contribution in [2.75, 3.05) is 0 Å². The van der Waals surface area contributed by atoms with Gasteiger partial charge in [0.1, 0.15) is 23.9 Å². The van der Waals surface area contributed by atoms with Crippen molar-refractivity contribution in [3.63, 3.8) is 0 Å². The van der Waals surface area contributed by atoms with Gasteiger partial charge < -0.3 is 39.6 Å². The van der Waals surface area contributed by atoms with Crippen LogP contribution in [0.5, 0.6) is 0 Å². The van der Waals surface area contributed by atoms with Gasteiger partial charge in [0.05, 0.1) is 0 Å². The second-order valence-electron chi connectivity index (χ2n) is 2.56. The fraction of sp³-hybridized carbons (Fsp3) is 0.333. The van der Waals surface area contributed by atoms with Gasteiger partial charge in [0.2, 0.25) is 0 Å². The zero-order valence-corrected chi connectivity index (χ0v) is 23.1. The van der Waals surface area contributed by atoms with Gasteiger partial charge in [-0.25, -0.2) is 0 Å². The van der Waals surface area contributed by atoms with Crippen molar-refractivity contribution in [2.24, 2.45) is 0 Å². The first-order valence-corrected chi connectivity index (χ1v) is 4.59. The molecule has 0 N–H and O–H groups in total. The number of rotatable bonds is 4. The zero-order valence-electron chi connectivity index (χ0n) is 15.1. The fourth-order valence-corrected chi connectivity index (χ4v) is 0. The normalized spacial score (nSPS) is 5.50. The van der Waals surface area contributed by atoms with Gasteiger partial charge in [0.25, 0.3) is 0 Å². The van der Waals surface area contributed by atoms with E-state index in [0.29, 0.717) is 0 Å². The third-order valence-electron chi connectivity index (χ3n) is 0.767. The van der Waals surface area contributed by atoms with Crippen molar-refractivity contribution >= 4 is 48.0 Å². The van der Waals surface area contributed by atoms with Gasteiger partial charge in [-0.15, -0.1) is 0 Å². The number of aliphatic carboxylic acids is 4. The summed E-state index contributed by atoms with van der Waals surface area (Å²) in [7, 11) is 0. The summed E-state index contributed by atoms with van der Waals surface area (Å²) in [5, 5.41) is 36.3. The van der Waals surface area contributed by atoms with Crippen molar-refractivity contribution in [1.29, 1.82) is 0 Å². The minimum absolute atomic E-state index is 0. The number of carbonyl (C=O) groups is 8. The van der Waals surface area contributed by atoms with E-state index in [-0.39, 0.29) is 146 Å². The van der Waals surface area contributed by atoms with Crippen LogP contribution >= 0.6 is 0 Å². The Hall–Kier alpha value is 0.560. The van der Waals surface area contributed by atoms with E-state index in [0.717, 1.165) is 13.8 Å². The minimum atomic E-state index is -1.68. The van der Waals surface area contributed by atoms with Crippen LogP contribution in [0.2, 0.25) is 0 Å². The van der Waals surface area contributed by atoms with Crippen molar-refractivity contribution in [1.82, 2.24) is 0 Å². The first kappa shape index (κ1) is 63.0. The Morgan fingerprint density at radius 1 is 0.536 bits per heavy atom. The zero-order chi connectivity index (χ0) is 18.9. The predicted octanol–water partition coefficient (Wildman–Crippen LogP) is -18.2. The van der Waals surface area contributed by atoms with Crippen LogP contribution in [-0.2, 0) is 38.4 Å². The molecule has 0 aromatic rings. The van der Waals surface area contributed by atoms with Gasteiger partial charge in [-0.05, 0) is 0 Å². The van der Waals surface area contributed by atoms with E-state index >= 15 is 0 Å². The summed E-state index contributed by atoms with van der Waals surface area (Å²) in [5.41, 5.74) is 0. The Morgan fingerprint density at radius 3 is 0.607 bits per heavy atom. The Balaban J connectivity index is -0.0000000181. The molecular formula is C12H16Na4O12. The quantitative estimate of drug-likeness (QED) is 0.169. The summed E-state index contributed by atoms with van der Waals surface area (Å²) >= 11 is 0. The van der Waals surface area contributed by atoms with E-state index < -0.39 is 35.4 Å². The number of carboxylic acids is 4. The molecule has 16 heteroatoms. The Bertz CT molecular complexity index is 400. The summed E-state index contributed by atoms with van der Waals surface area (Å²) in [5.74, 6) is -8.48. The van der Waals surface area contributed by atoms with Crippen LogP contribution in [0.3, 0.4) is 0 Å². The number of Topliss-reactive ketones (excluding diaryl/α,β-unsaturated/α-hetero) is 2. The molecule has 0 spiro atoms. The number of hydrogen-bond acceptors (Lipinski definition) is 12.